The highest BCUT2D eigenvalue weighted by Crippen LogP contribution is 2.55. The van der Waals surface area contributed by atoms with Gasteiger partial charge in [0.1, 0.15) is 0 Å². The first-order valence-electron chi connectivity index (χ1n) is 22.8. The zero-order valence-electron chi connectivity index (χ0n) is 36.9. The average molecular weight is 818 g/mol. The molecule has 0 radical (unpaired) electrons. The van der Waals surface area contributed by atoms with E-state index in [4.69, 9.17) is 0 Å². The monoisotopic (exact) mass is 817 g/mol. The van der Waals surface area contributed by atoms with Crippen LogP contribution in [0, 0.1) is 0 Å². The molecule has 64 heavy (non-hydrogen) atoms. The molecule has 12 aromatic rings. The quantitative estimate of drug-likeness (QED) is 0.124. The Hall–Kier alpha value is -7.48. The second-order valence-electron chi connectivity index (χ2n) is 19.6. The molecule has 1 nitrogen and oxygen atoms in total. The number of nitrogens with zero attached hydrogens (tertiary/aromatic N) is 1. The number of rotatable bonds is 3. The van der Waals surface area contributed by atoms with E-state index in [9.17, 15) is 0 Å². The zero-order chi connectivity index (χ0) is 43.1. The van der Waals surface area contributed by atoms with E-state index in [1.807, 2.05) is 0 Å². The average Bonchev–Trinajstić information content (AvgIpc) is 3.77. The number of aromatic nitrogens is 1. The molecule has 0 saturated carbocycles. The van der Waals surface area contributed by atoms with Gasteiger partial charge in [0.2, 0.25) is 0 Å². The summed E-state index contributed by atoms with van der Waals surface area (Å²) in [6, 6.07) is 73.3. The van der Waals surface area contributed by atoms with Gasteiger partial charge < -0.3 is 4.57 Å². The molecule has 0 spiro atoms. The maximum atomic E-state index is 2.52. The van der Waals surface area contributed by atoms with E-state index < -0.39 is 0 Å². The summed E-state index contributed by atoms with van der Waals surface area (Å²) in [5.41, 5.74) is 15.4. The first-order valence-corrected chi connectivity index (χ1v) is 22.8. The molecular formula is C63H47N. The highest BCUT2D eigenvalue weighted by atomic mass is 15.0. The molecule has 0 bridgehead atoms. The van der Waals surface area contributed by atoms with Crippen molar-refractivity contribution in [3.8, 4) is 39.1 Å². The molecule has 1 heteroatoms. The summed E-state index contributed by atoms with van der Waals surface area (Å²) in [6.45, 7) is 11.8. The van der Waals surface area contributed by atoms with E-state index in [1.165, 1.54) is 131 Å². The van der Waals surface area contributed by atoms with Crippen molar-refractivity contribution in [1.82, 2.24) is 4.57 Å². The molecule has 11 aromatic carbocycles. The van der Waals surface area contributed by atoms with Crippen LogP contribution in [-0.4, -0.2) is 4.57 Å². The molecule has 0 atom stereocenters. The summed E-state index contributed by atoms with van der Waals surface area (Å²) >= 11 is 0. The van der Waals surface area contributed by atoms with Gasteiger partial charge in [0.25, 0.3) is 0 Å². The molecule has 0 aliphatic heterocycles. The molecule has 0 unspecified atom stereocenters. The highest BCUT2D eigenvalue weighted by Gasteiger charge is 2.37. The molecule has 1 aliphatic carbocycles. The number of fused-ring (bicyclic) bond motifs is 15. The van der Waals surface area contributed by atoms with Gasteiger partial charge in [-0.15, -0.1) is 0 Å². The predicted octanol–water partition coefficient (Wildman–Crippen LogP) is 17.5. The minimum Gasteiger partial charge on any atom is -0.309 e. The highest BCUT2D eigenvalue weighted by molar-refractivity contribution is 6.29. The summed E-state index contributed by atoms with van der Waals surface area (Å²) in [4.78, 5) is 0. The van der Waals surface area contributed by atoms with E-state index in [2.05, 4.69) is 233 Å². The normalized spacial score (nSPS) is 13.5. The van der Waals surface area contributed by atoms with Crippen molar-refractivity contribution in [3.05, 3.63) is 211 Å². The second-order valence-corrected chi connectivity index (χ2v) is 19.6. The third-order valence-corrected chi connectivity index (χ3v) is 14.7. The van der Waals surface area contributed by atoms with E-state index >= 15 is 0 Å². The summed E-state index contributed by atoms with van der Waals surface area (Å²) in [7, 11) is 0. The lowest BCUT2D eigenvalue weighted by atomic mass is 9.80. The third kappa shape index (κ3) is 5.13. The van der Waals surface area contributed by atoms with Gasteiger partial charge in [-0.25, -0.2) is 0 Å². The Morgan fingerprint density at radius 3 is 1.42 bits per heavy atom. The number of hydrogen-bond donors (Lipinski definition) is 0. The van der Waals surface area contributed by atoms with Crippen molar-refractivity contribution in [1.29, 1.82) is 0 Å². The van der Waals surface area contributed by atoms with Gasteiger partial charge in [0, 0.05) is 21.9 Å². The molecule has 0 fully saturated rings. The molecule has 1 aromatic heterocycles. The number of benzene rings is 11. The molecule has 1 aliphatic rings. The Bertz CT molecular complexity index is 3850. The van der Waals surface area contributed by atoms with Gasteiger partial charge in [-0.3, -0.25) is 0 Å². The second kappa shape index (κ2) is 13.3. The fourth-order valence-corrected chi connectivity index (χ4v) is 11.6. The minimum atomic E-state index is -0.186. The van der Waals surface area contributed by atoms with Crippen LogP contribution in [0.15, 0.2) is 194 Å². The van der Waals surface area contributed by atoms with Crippen LogP contribution in [0.4, 0.5) is 0 Å². The number of hydrogen-bond acceptors (Lipinski definition) is 0. The van der Waals surface area contributed by atoms with E-state index in [-0.39, 0.29) is 10.8 Å². The summed E-state index contributed by atoms with van der Waals surface area (Å²) in [6.07, 6.45) is 0. The molecular weight excluding hydrogens is 771 g/mol. The summed E-state index contributed by atoms with van der Waals surface area (Å²) < 4.78 is 2.43. The summed E-state index contributed by atoms with van der Waals surface area (Å²) in [5.74, 6) is 0. The Labute approximate surface area is 373 Å². The Kier molecular flexibility index (Phi) is 7.69. The predicted molar refractivity (Wildman–Crippen MR) is 275 cm³/mol. The van der Waals surface area contributed by atoms with E-state index in [0.717, 1.165) is 0 Å². The Morgan fingerprint density at radius 1 is 0.359 bits per heavy atom. The minimum absolute atomic E-state index is 0.0296. The molecule has 304 valence electrons. The van der Waals surface area contributed by atoms with Crippen molar-refractivity contribution >= 4 is 75.7 Å². The van der Waals surface area contributed by atoms with Crippen molar-refractivity contribution in [2.75, 3.05) is 0 Å². The Balaban J connectivity index is 1.05. The van der Waals surface area contributed by atoms with Crippen molar-refractivity contribution in [2.24, 2.45) is 0 Å². The topological polar surface area (TPSA) is 4.93 Å². The zero-order valence-corrected chi connectivity index (χ0v) is 36.9. The van der Waals surface area contributed by atoms with Crippen LogP contribution in [0.2, 0.25) is 0 Å². The maximum Gasteiger partial charge on any atom is 0.0541 e. The van der Waals surface area contributed by atoms with Crippen molar-refractivity contribution in [2.45, 2.75) is 45.4 Å². The fourth-order valence-electron chi connectivity index (χ4n) is 11.6. The van der Waals surface area contributed by atoms with Crippen LogP contribution >= 0.6 is 0 Å². The van der Waals surface area contributed by atoms with Crippen molar-refractivity contribution < 1.29 is 0 Å². The molecule has 0 N–H and O–H groups in total. The Morgan fingerprint density at radius 2 is 0.828 bits per heavy atom. The van der Waals surface area contributed by atoms with E-state index in [1.54, 1.807) is 0 Å². The van der Waals surface area contributed by atoms with Gasteiger partial charge >= 0.3 is 0 Å². The van der Waals surface area contributed by atoms with Gasteiger partial charge in [-0.2, -0.15) is 0 Å². The van der Waals surface area contributed by atoms with Gasteiger partial charge in [-0.05, 0) is 152 Å². The largest absolute Gasteiger partial charge is 0.309 e. The van der Waals surface area contributed by atoms with Crippen LogP contribution in [0.5, 0.6) is 0 Å². The molecule has 13 rings (SSSR count). The van der Waals surface area contributed by atoms with Crippen LogP contribution in [0.1, 0.15) is 51.3 Å². The lowest BCUT2D eigenvalue weighted by Gasteiger charge is -2.23. The molecule has 0 saturated heterocycles. The van der Waals surface area contributed by atoms with Crippen LogP contribution in [0.3, 0.4) is 0 Å². The molecule has 1 heterocycles. The van der Waals surface area contributed by atoms with Crippen LogP contribution in [0.25, 0.3) is 115 Å². The lowest BCUT2D eigenvalue weighted by molar-refractivity contribution is 0.591. The standard InChI is InChI=1S/C63H47N/c1-62(2,3)40-29-34-57-53(37-40)52-35-38(28-33-56(52)64(57)41-17-7-6-8-18-41)58-46-23-13-15-25-48(46)59(49-26-16-14-24-47(49)58)39-27-30-51-55(36-39)63(4,5)54-32-31-50-44-21-10-9-19-42(44)43-20-11-12-22-45(43)60(50)61(51)54/h6-37H,1-5H3. The van der Waals surface area contributed by atoms with Gasteiger partial charge in [0.05, 0.1) is 11.0 Å². The van der Waals surface area contributed by atoms with Gasteiger partial charge in [-0.1, -0.05) is 186 Å². The maximum absolute atomic E-state index is 2.52. The summed E-state index contributed by atoms with van der Waals surface area (Å²) in [5, 5.41) is 15.6. The van der Waals surface area contributed by atoms with Crippen LogP contribution < -0.4 is 0 Å². The lowest BCUT2D eigenvalue weighted by Crippen LogP contribution is -2.15. The fraction of sp³-hybridized carbons (Fsp3) is 0.111. The molecule has 0 amide bonds. The van der Waals surface area contributed by atoms with Gasteiger partial charge in [0.15, 0.2) is 0 Å². The first kappa shape index (κ1) is 37.1. The van der Waals surface area contributed by atoms with Crippen LogP contribution in [-0.2, 0) is 10.8 Å². The van der Waals surface area contributed by atoms with Crippen molar-refractivity contribution in [3.63, 3.8) is 0 Å². The number of para-hydroxylation sites is 1. The first-order chi connectivity index (χ1) is 31.2. The third-order valence-electron chi connectivity index (χ3n) is 14.7. The van der Waals surface area contributed by atoms with E-state index in [0.29, 0.717) is 0 Å². The smallest absolute Gasteiger partial charge is 0.0541 e. The SMILES string of the molecule is CC(C)(C)c1ccc2c(c1)c1cc(-c3c4ccccc4c(-c4ccc5c(c4)C(C)(C)c4ccc6c7ccccc7c7ccccc7c6c4-5)c4ccccc34)ccc1n2-c1ccccc1.